The number of piperidine rings is 1. The SMILES string of the molecule is CCNC(=NCCOc1cccnc1)NC1CCN(CC(C)C)CC1. The van der Waals surface area contributed by atoms with Gasteiger partial charge in [-0.25, -0.2) is 4.99 Å². The lowest BCUT2D eigenvalue weighted by atomic mass is 10.0. The van der Waals surface area contributed by atoms with E-state index in [1.807, 2.05) is 12.1 Å². The third-order valence-electron chi connectivity index (χ3n) is 4.16. The molecule has 1 fully saturated rings. The van der Waals surface area contributed by atoms with Gasteiger partial charge >= 0.3 is 0 Å². The lowest BCUT2D eigenvalue weighted by Crippen LogP contribution is -2.49. The lowest BCUT2D eigenvalue weighted by Gasteiger charge is -2.34. The molecule has 0 saturated carbocycles. The molecule has 0 amide bonds. The van der Waals surface area contributed by atoms with Crippen LogP contribution in [0.1, 0.15) is 33.6 Å². The van der Waals surface area contributed by atoms with E-state index in [0.29, 0.717) is 19.2 Å². The molecular formula is C19H33N5O. The first-order valence-corrected chi connectivity index (χ1v) is 9.47. The molecular weight excluding hydrogens is 314 g/mol. The average Bonchev–Trinajstić information content (AvgIpc) is 2.61. The molecule has 0 bridgehead atoms. The second-order valence-electron chi connectivity index (χ2n) is 6.91. The number of aromatic nitrogens is 1. The van der Waals surface area contributed by atoms with E-state index in [1.54, 1.807) is 12.4 Å². The predicted molar refractivity (Wildman–Crippen MR) is 103 cm³/mol. The number of likely N-dealkylation sites (tertiary alicyclic amines) is 1. The largest absolute Gasteiger partial charge is 0.490 e. The minimum absolute atomic E-state index is 0.500. The van der Waals surface area contributed by atoms with Crippen molar-refractivity contribution in [3.63, 3.8) is 0 Å². The van der Waals surface area contributed by atoms with E-state index in [4.69, 9.17) is 4.74 Å². The van der Waals surface area contributed by atoms with E-state index >= 15 is 0 Å². The third-order valence-corrected chi connectivity index (χ3v) is 4.16. The summed E-state index contributed by atoms with van der Waals surface area (Å²) in [5, 5.41) is 6.90. The van der Waals surface area contributed by atoms with Crippen LogP contribution in [0, 0.1) is 5.92 Å². The Morgan fingerprint density at radius 2 is 2.20 bits per heavy atom. The molecule has 0 radical (unpaired) electrons. The Balaban J connectivity index is 1.72. The van der Waals surface area contributed by atoms with Crippen LogP contribution in [-0.4, -0.2) is 61.2 Å². The molecule has 6 nitrogen and oxygen atoms in total. The van der Waals surface area contributed by atoms with Gasteiger partial charge in [-0.1, -0.05) is 13.8 Å². The molecule has 1 aromatic heterocycles. The van der Waals surface area contributed by atoms with Gasteiger partial charge in [-0.15, -0.1) is 0 Å². The molecule has 1 saturated heterocycles. The fourth-order valence-corrected chi connectivity index (χ4v) is 3.04. The van der Waals surface area contributed by atoms with E-state index in [-0.39, 0.29) is 0 Å². The van der Waals surface area contributed by atoms with Gasteiger partial charge in [0.25, 0.3) is 0 Å². The maximum Gasteiger partial charge on any atom is 0.191 e. The van der Waals surface area contributed by atoms with Crippen molar-refractivity contribution in [2.24, 2.45) is 10.9 Å². The molecule has 2 rings (SSSR count). The quantitative estimate of drug-likeness (QED) is 0.429. The maximum atomic E-state index is 5.64. The van der Waals surface area contributed by atoms with E-state index in [0.717, 1.165) is 24.2 Å². The minimum Gasteiger partial charge on any atom is -0.490 e. The van der Waals surface area contributed by atoms with Crippen molar-refractivity contribution in [1.29, 1.82) is 0 Å². The molecule has 0 spiro atoms. The first kappa shape index (κ1) is 19.5. The summed E-state index contributed by atoms with van der Waals surface area (Å²) in [6.45, 7) is 12.2. The molecule has 0 unspecified atom stereocenters. The molecule has 2 heterocycles. The van der Waals surface area contributed by atoms with Gasteiger partial charge in [-0.3, -0.25) is 4.98 Å². The van der Waals surface area contributed by atoms with Crippen LogP contribution in [0.2, 0.25) is 0 Å². The zero-order valence-corrected chi connectivity index (χ0v) is 15.9. The molecule has 0 atom stereocenters. The van der Waals surface area contributed by atoms with Gasteiger partial charge < -0.3 is 20.3 Å². The molecule has 1 aromatic rings. The summed E-state index contributed by atoms with van der Waals surface area (Å²) in [4.78, 5) is 11.2. The summed E-state index contributed by atoms with van der Waals surface area (Å²) >= 11 is 0. The molecule has 2 N–H and O–H groups in total. The first-order chi connectivity index (χ1) is 12.2. The third kappa shape index (κ3) is 7.73. The fourth-order valence-electron chi connectivity index (χ4n) is 3.04. The van der Waals surface area contributed by atoms with Gasteiger partial charge in [0.1, 0.15) is 12.4 Å². The molecule has 1 aliphatic heterocycles. The van der Waals surface area contributed by atoms with Crippen LogP contribution in [0.3, 0.4) is 0 Å². The Bertz CT molecular complexity index is 498. The Morgan fingerprint density at radius 3 is 2.84 bits per heavy atom. The second kappa shape index (κ2) is 10.9. The zero-order chi connectivity index (χ0) is 17.9. The van der Waals surface area contributed by atoms with Crippen LogP contribution < -0.4 is 15.4 Å². The standard InChI is InChI=1S/C19H33N5O/c1-4-21-19(22-10-13-25-18-6-5-9-20-14-18)23-17-7-11-24(12-8-17)15-16(2)3/h5-6,9,14,16-17H,4,7-8,10-13,15H2,1-3H3,(H2,21,22,23). The number of aliphatic imine (C=N–C) groups is 1. The van der Waals surface area contributed by atoms with Gasteiger partial charge in [0.05, 0.1) is 12.7 Å². The lowest BCUT2D eigenvalue weighted by molar-refractivity contribution is 0.187. The average molecular weight is 348 g/mol. The van der Waals surface area contributed by atoms with Crippen molar-refractivity contribution >= 4 is 5.96 Å². The number of nitrogens with one attached hydrogen (secondary N) is 2. The summed E-state index contributed by atoms with van der Waals surface area (Å²) in [5.74, 6) is 2.41. The van der Waals surface area contributed by atoms with Crippen molar-refractivity contribution in [3.8, 4) is 5.75 Å². The highest BCUT2D eigenvalue weighted by atomic mass is 16.5. The van der Waals surface area contributed by atoms with Crippen LogP contribution in [0.5, 0.6) is 5.75 Å². The highest BCUT2D eigenvalue weighted by Gasteiger charge is 2.20. The number of pyridine rings is 1. The van der Waals surface area contributed by atoms with Crippen molar-refractivity contribution in [2.75, 3.05) is 39.3 Å². The summed E-state index contributed by atoms with van der Waals surface area (Å²) < 4.78 is 5.64. The number of ether oxygens (including phenoxy) is 1. The number of hydrogen-bond acceptors (Lipinski definition) is 4. The molecule has 0 aromatic carbocycles. The topological polar surface area (TPSA) is 61.8 Å². The Morgan fingerprint density at radius 1 is 1.40 bits per heavy atom. The second-order valence-corrected chi connectivity index (χ2v) is 6.91. The van der Waals surface area contributed by atoms with Gasteiger partial charge in [-0.2, -0.15) is 0 Å². The van der Waals surface area contributed by atoms with E-state index in [2.05, 4.69) is 46.3 Å². The Kier molecular flexibility index (Phi) is 8.52. The monoisotopic (exact) mass is 347 g/mol. The van der Waals surface area contributed by atoms with E-state index < -0.39 is 0 Å². The molecule has 1 aliphatic rings. The van der Waals surface area contributed by atoms with Crippen LogP contribution >= 0.6 is 0 Å². The number of rotatable bonds is 8. The highest BCUT2D eigenvalue weighted by molar-refractivity contribution is 5.80. The van der Waals surface area contributed by atoms with Crippen molar-refractivity contribution in [3.05, 3.63) is 24.5 Å². The van der Waals surface area contributed by atoms with Gasteiger partial charge in [-0.05, 0) is 37.8 Å². The number of guanidine groups is 1. The molecule has 0 aliphatic carbocycles. The summed E-state index contributed by atoms with van der Waals surface area (Å²) in [7, 11) is 0. The van der Waals surface area contributed by atoms with Crippen LogP contribution in [0.15, 0.2) is 29.5 Å². The zero-order valence-electron chi connectivity index (χ0n) is 15.9. The minimum atomic E-state index is 0.500. The van der Waals surface area contributed by atoms with Gasteiger partial charge in [0.15, 0.2) is 5.96 Å². The van der Waals surface area contributed by atoms with E-state index in [1.165, 1.54) is 32.5 Å². The number of hydrogen-bond donors (Lipinski definition) is 2. The predicted octanol–water partition coefficient (Wildman–Crippen LogP) is 2.14. The van der Waals surface area contributed by atoms with Crippen molar-refractivity contribution in [1.82, 2.24) is 20.5 Å². The van der Waals surface area contributed by atoms with Crippen LogP contribution in [0.25, 0.3) is 0 Å². The molecule has 140 valence electrons. The van der Waals surface area contributed by atoms with Gasteiger partial charge in [0, 0.05) is 38.4 Å². The Hall–Kier alpha value is -1.82. The molecule has 25 heavy (non-hydrogen) atoms. The summed E-state index contributed by atoms with van der Waals surface area (Å²) in [6.07, 6.45) is 5.80. The summed E-state index contributed by atoms with van der Waals surface area (Å²) in [6, 6.07) is 4.28. The summed E-state index contributed by atoms with van der Waals surface area (Å²) in [5.41, 5.74) is 0. The highest BCUT2D eigenvalue weighted by Crippen LogP contribution is 2.12. The van der Waals surface area contributed by atoms with Crippen molar-refractivity contribution in [2.45, 2.75) is 39.7 Å². The first-order valence-electron chi connectivity index (χ1n) is 9.47. The van der Waals surface area contributed by atoms with Crippen LogP contribution in [0.4, 0.5) is 0 Å². The van der Waals surface area contributed by atoms with Gasteiger partial charge in [0.2, 0.25) is 0 Å². The molecule has 6 heteroatoms. The number of nitrogens with zero attached hydrogens (tertiary/aromatic N) is 3. The Labute approximate surface area is 152 Å². The van der Waals surface area contributed by atoms with E-state index in [9.17, 15) is 0 Å². The van der Waals surface area contributed by atoms with Crippen LogP contribution in [-0.2, 0) is 0 Å². The van der Waals surface area contributed by atoms with Crippen molar-refractivity contribution < 1.29 is 4.74 Å². The fraction of sp³-hybridized carbons (Fsp3) is 0.684. The maximum absolute atomic E-state index is 5.64. The smallest absolute Gasteiger partial charge is 0.191 e. The normalized spacial score (nSPS) is 16.9.